The normalized spacial score (nSPS) is 10.4. The zero-order chi connectivity index (χ0) is 10.2. The zero-order valence-corrected chi connectivity index (χ0v) is 8.79. The fourth-order valence-corrected chi connectivity index (χ4v) is 1.41. The van der Waals surface area contributed by atoms with Crippen LogP contribution in [0.2, 0.25) is 0 Å². The Morgan fingerprint density at radius 3 is 2.86 bits per heavy atom. The summed E-state index contributed by atoms with van der Waals surface area (Å²) in [6.07, 6.45) is 7.12. The number of ketones is 1. The summed E-state index contributed by atoms with van der Waals surface area (Å²) in [6.45, 7) is 2.15. The van der Waals surface area contributed by atoms with E-state index in [0.29, 0.717) is 12.2 Å². The molecule has 0 saturated heterocycles. The Labute approximate surface area is 85.3 Å². The molecule has 1 aromatic rings. The summed E-state index contributed by atoms with van der Waals surface area (Å²) in [4.78, 5) is 11.4. The summed E-state index contributed by atoms with van der Waals surface area (Å²) in [7, 11) is 0. The molecule has 0 amide bonds. The van der Waals surface area contributed by atoms with Crippen molar-refractivity contribution in [3.63, 3.8) is 0 Å². The standard InChI is InChI=1S/C12H18O2/c1-2-3-4-6-11(13)8-9-12-7-5-10-14-12/h5,7,10H,2-4,6,8-9H2,1H3. The van der Waals surface area contributed by atoms with Crippen LogP contribution in [0.1, 0.15) is 44.8 Å². The van der Waals surface area contributed by atoms with Gasteiger partial charge in [0.15, 0.2) is 0 Å². The van der Waals surface area contributed by atoms with Crippen molar-refractivity contribution in [2.75, 3.05) is 0 Å². The van der Waals surface area contributed by atoms with E-state index < -0.39 is 0 Å². The molecule has 0 bridgehead atoms. The van der Waals surface area contributed by atoms with E-state index in [1.54, 1.807) is 6.26 Å². The first-order valence-electron chi connectivity index (χ1n) is 5.37. The maximum atomic E-state index is 11.4. The van der Waals surface area contributed by atoms with E-state index in [-0.39, 0.29) is 0 Å². The lowest BCUT2D eigenvalue weighted by atomic mass is 10.1. The van der Waals surface area contributed by atoms with Crippen LogP contribution in [0.3, 0.4) is 0 Å². The van der Waals surface area contributed by atoms with E-state index >= 15 is 0 Å². The van der Waals surface area contributed by atoms with Gasteiger partial charge in [-0.3, -0.25) is 4.79 Å². The van der Waals surface area contributed by atoms with E-state index in [9.17, 15) is 4.79 Å². The molecule has 2 heteroatoms. The van der Waals surface area contributed by atoms with Gasteiger partial charge in [-0.05, 0) is 18.6 Å². The highest BCUT2D eigenvalue weighted by Crippen LogP contribution is 2.07. The van der Waals surface area contributed by atoms with E-state index in [4.69, 9.17) is 4.42 Å². The number of Topliss-reactive ketones (excluding diaryl/α,β-unsaturated/α-hetero) is 1. The van der Waals surface area contributed by atoms with Crippen molar-refractivity contribution in [2.24, 2.45) is 0 Å². The third-order valence-electron chi connectivity index (χ3n) is 2.29. The molecule has 78 valence electrons. The van der Waals surface area contributed by atoms with Crippen LogP contribution in [0, 0.1) is 0 Å². The maximum Gasteiger partial charge on any atom is 0.133 e. The number of aryl methyl sites for hydroxylation is 1. The zero-order valence-electron chi connectivity index (χ0n) is 8.79. The number of furan rings is 1. The van der Waals surface area contributed by atoms with Gasteiger partial charge in [-0.2, -0.15) is 0 Å². The summed E-state index contributed by atoms with van der Waals surface area (Å²) in [5, 5.41) is 0. The Kier molecular flexibility index (Phi) is 5.05. The van der Waals surface area contributed by atoms with Gasteiger partial charge >= 0.3 is 0 Å². The first kappa shape index (κ1) is 11.0. The molecule has 0 N–H and O–H groups in total. The third kappa shape index (κ3) is 4.26. The molecule has 0 fully saturated rings. The van der Waals surface area contributed by atoms with Gasteiger partial charge in [0.1, 0.15) is 11.5 Å². The molecule has 0 spiro atoms. The second-order valence-corrected chi connectivity index (χ2v) is 3.58. The van der Waals surface area contributed by atoms with Crippen molar-refractivity contribution < 1.29 is 9.21 Å². The molecule has 14 heavy (non-hydrogen) atoms. The minimum absolute atomic E-state index is 0.356. The van der Waals surface area contributed by atoms with E-state index in [1.165, 1.54) is 6.42 Å². The predicted molar refractivity (Wildman–Crippen MR) is 56.2 cm³/mol. The first-order valence-corrected chi connectivity index (χ1v) is 5.37. The predicted octanol–water partition coefficient (Wildman–Crippen LogP) is 3.36. The van der Waals surface area contributed by atoms with Crippen LogP contribution >= 0.6 is 0 Å². The number of hydrogen-bond donors (Lipinski definition) is 0. The van der Waals surface area contributed by atoms with E-state index in [2.05, 4.69) is 6.92 Å². The van der Waals surface area contributed by atoms with Crippen LogP contribution in [0.15, 0.2) is 22.8 Å². The van der Waals surface area contributed by atoms with Crippen molar-refractivity contribution in [3.05, 3.63) is 24.2 Å². The van der Waals surface area contributed by atoms with Gasteiger partial charge in [0.05, 0.1) is 6.26 Å². The molecule has 0 atom stereocenters. The largest absolute Gasteiger partial charge is 0.469 e. The van der Waals surface area contributed by atoms with Gasteiger partial charge in [-0.1, -0.05) is 19.8 Å². The highest BCUT2D eigenvalue weighted by atomic mass is 16.3. The average molecular weight is 194 g/mol. The SMILES string of the molecule is CCCCCC(=O)CCc1ccco1. The molecular formula is C12H18O2. The maximum absolute atomic E-state index is 11.4. The minimum Gasteiger partial charge on any atom is -0.469 e. The Bertz CT molecular complexity index is 249. The fourth-order valence-electron chi connectivity index (χ4n) is 1.41. The lowest BCUT2D eigenvalue weighted by Gasteiger charge is -1.98. The van der Waals surface area contributed by atoms with Crippen molar-refractivity contribution in [2.45, 2.75) is 45.4 Å². The highest BCUT2D eigenvalue weighted by molar-refractivity contribution is 5.78. The molecule has 0 aromatic carbocycles. The van der Waals surface area contributed by atoms with E-state index in [0.717, 1.165) is 31.4 Å². The molecule has 1 aromatic heterocycles. The quantitative estimate of drug-likeness (QED) is 0.623. The minimum atomic E-state index is 0.356. The molecule has 0 aliphatic carbocycles. The number of hydrogen-bond acceptors (Lipinski definition) is 2. The Morgan fingerprint density at radius 1 is 1.36 bits per heavy atom. The Hall–Kier alpha value is -1.05. The van der Waals surface area contributed by atoms with Crippen molar-refractivity contribution >= 4 is 5.78 Å². The lowest BCUT2D eigenvalue weighted by molar-refractivity contribution is -0.119. The number of rotatable bonds is 7. The van der Waals surface area contributed by atoms with Crippen LogP contribution in [0.25, 0.3) is 0 Å². The Balaban J connectivity index is 2.09. The van der Waals surface area contributed by atoms with E-state index in [1.807, 2.05) is 12.1 Å². The van der Waals surface area contributed by atoms with Crippen molar-refractivity contribution in [1.29, 1.82) is 0 Å². The fraction of sp³-hybridized carbons (Fsp3) is 0.583. The van der Waals surface area contributed by atoms with Gasteiger partial charge in [-0.15, -0.1) is 0 Å². The second kappa shape index (κ2) is 6.41. The van der Waals surface area contributed by atoms with Crippen LogP contribution < -0.4 is 0 Å². The summed E-state index contributed by atoms with van der Waals surface area (Å²) in [5.41, 5.74) is 0. The summed E-state index contributed by atoms with van der Waals surface area (Å²) in [6, 6.07) is 3.77. The number of unbranched alkanes of at least 4 members (excludes halogenated alkanes) is 2. The average Bonchev–Trinajstić information content (AvgIpc) is 2.68. The van der Waals surface area contributed by atoms with Crippen molar-refractivity contribution in [1.82, 2.24) is 0 Å². The molecule has 0 aliphatic heterocycles. The lowest BCUT2D eigenvalue weighted by Crippen LogP contribution is -1.99. The second-order valence-electron chi connectivity index (χ2n) is 3.58. The molecule has 0 saturated carbocycles. The van der Waals surface area contributed by atoms with Gasteiger partial charge < -0.3 is 4.42 Å². The molecule has 0 aliphatic rings. The van der Waals surface area contributed by atoms with Crippen LogP contribution in [0.4, 0.5) is 0 Å². The van der Waals surface area contributed by atoms with Gasteiger partial charge in [0.2, 0.25) is 0 Å². The molecule has 1 heterocycles. The van der Waals surface area contributed by atoms with Crippen LogP contribution in [0.5, 0.6) is 0 Å². The molecule has 0 unspecified atom stereocenters. The molecule has 1 rings (SSSR count). The monoisotopic (exact) mass is 194 g/mol. The van der Waals surface area contributed by atoms with Gasteiger partial charge in [0, 0.05) is 19.3 Å². The van der Waals surface area contributed by atoms with Crippen LogP contribution in [-0.2, 0) is 11.2 Å². The molecular weight excluding hydrogens is 176 g/mol. The summed E-state index contributed by atoms with van der Waals surface area (Å²) >= 11 is 0. The smallest absolute Gasteiger partial charge is 0.133 e. The summed E-state index contributed by atoms with van der Waals surface area (Å²) in [5.74, 6) is 1.27. The number of carbonyl (C=O) groups excluding carboxylic acids is 1. The highest BCUT2D eigenvalue weighted by Gasteiger charge is 2.03. The number of carbonyl (C=O) groups is 1. The third-order valence-corrected chi connectivity index (χ3v) is 2.29. The van der Waals surface area contributed by atoms with Crippen molar-refractivity contribution in [3.8, 4) is 0 Å². The van der Waals surface area contributed by atoms with Gasteiger partial charge in [0.25, 0.3) is 0 Å². The topological polar surface area (TPSA) is 30.2 Å². The van der Waals surface area contributed by atoms with Gasteiger partial charge in [-0.25, -0.2) is 0 Å². The first-order chi connectivity index (χ1) is 6.83. The van der Waals surface area contributed by atoms with Crippen LogP contribution in [-0.4, -0.2) is 5.78 Å². The summed E-state index contributed by atoms with van der Waals surface area (Å²) < 4.78 is 5.16. The Morgan fingerprint density at radius 2 is 2.21 bits per heavy atom. The molecule has 2 nitrogen and oxygen atoms in total. The molecule has 0 radical (unpaired) electrons.